The van der Waals surface area contributed by atoms with Crippen LogP contribution in [0.4, 0.5) is 8.78 Å². The van der Waals surface area contributed by atoms with E-state index in [-0.39, 0.29) is 11.6 Å². The van der Waals surface area contributed by atoms with E-state index >= 15 is 0 Å². The average molecular weight is 330 g/mol. The smallest absolute Gasteiger partial charge is 0.254 e. The number of rotatable bonds is 5. The lowest BCUT2D eigenvalue weighted by Crippen LogP contribution is -2.32. The van der Waals surface area contributed by atoms with Gasteiger partial charge in [0.1, 0.15) is 11.6 Å². The minimum absolute atomic E-state index is 0.00634. The van der Waals surface area contributed by atoms with Crippen molar-refractivity contribution in [2.24, 2.45) is 5.73 Å². The van der Waals surface area contributed by atoms with Crippen LogP contribution in [0, 0.1) is 11.6 Å². The third-order valence-electron chi connectivity index (χ3n) is 3.95. The summed E-state index contributed by atoms with van der Waals surface area (Å²) < 4.78 is 26.7. The summed E-state index contributed by atoms with van der Waals surface area (Å²) >= 11 is 0. The molecule has 0 spiro atoms. The summed E-state index contributed by atoms with van der Waals surface area (Å²) in [5, 5.41) is 0. The van der Waals surface area contributed by atoms with E-state index in [1.165, 1.54) is 0 Å². The maximum Gasteiger partial charge on any atom is 0.254 e. The van der Waals surface area contributed by atoms with Gasteiger partial charge in [0.05, 0.1) is 0 Å². The van der Waals surface area contributed by atoms with E-state index in [1.807, 2.05) is 0 Å². The molecule has 0 aromatic heterocycles. The van der Waals surface area contributed by atoms with Crippen molar-refractivity contribution in [1.82, 2.24) is 4.90 Å². The van der Waals surface area contributed by atoms with Crippen molar-refractivity contribution in [3.05, 3.63) is 70.8 Å². The van der Waals surface area contributed by atoms with Crippen LogP contribution in [-0.2, 0) is 6.54 Å². The Bertz CT molecular complexity index is 766. The molecule has 1 aliphatic rings. The first kappa shape index (κ1) is 16.1. The van der Waals surface area contributed by atoms with Gasteiger partial charge in [-0.1, -0.05) is 12.1 Å². The Balaban J connectivity index is 1.82. The molecule has 2 N–H and O–H groups in total. The van der Waals surface area contributed by atoms with E-state index < -0.39 is 23.4 Å². The monoisotopic (exact) mass is 330 g/mol. The molecule has 0 aliphatic heterocycles. The molecule has 0 radical (unpaired) electrons. The van der Waals surface area contributed by atoms with Gasteiger partial charge < -0.3 is 10.6 Å². The Labute approximate surface area is 137 Å². The highest BCUT2D eigenvalue weighted by Crippen LogP contribution is 2.30. The molecular weight excluding hydrogens is 314 g/mol. The molecule has 6 heteroatoms. The summed E-state index contributed by atoms with van der Waals surface area (Å²) in [6, 6.07) is 9.50. The molecule has 0 atom stereocenters. The van der Waals surface area contributed by atoms with Crippen molar-refractivity contribution in [2.75, 3.05) is 0 Å². The summed E-state index contributed by atoms with van der Waals surface area (Å²) in [6.45, 7) is 0.306. The van der Waals surface area contributed by atoms with Crippen LogP contribution >= 0.6 is 0 Å². The van der Waals surface area contributed by atoms with Crippen LogP contribution < -0.4 is 5.73 Å². The number of carbonyl (C=O) groups excluding carboxylic acids is 2. The number of nitrogens with two attached hydrogens (primary N) is 1. The van der Waals surface area contributed by atoms with Gasteiger partial charge in [-0.15, -0.1) is 0 Å². The molecule has 2 aromatic rings. The predicted octanol–water partition coefficient (Wildman–Crippen LogP) is 2.87. The Morgan fingerprint density at radius 1 is 1.00 bits per heavy atom. The lowest BCUT2D eigenvalue weighted by Gasteiger charge is -2.23. The van der Waals surface area contributed by atoms with E-state index in [9.17, 15) is 18.4 Å². The Hall–Kier alpha value is -2.76. The minimum Gasteiger partial charge on any atom is -0.366 e. The van der Waals surface area contributed by atoms with Crippen LogP contribution in [0.15, 0.2) is 42.5 Å². The summed E-state index contributed by atoms with van der Waals surface area (Å²) in [6.07, 6.45) is 1.73. The molecule has 0 heterocycles. The first-order chi connectivity index (χ1) is 11.4. The largest absolute Gasteiger partial charge is 0.366 e. The van der Waals surface area contributed by atoms with Crippen LogP contribution in [0.25, 0.3) is 0 Å². The number of hydrogen-bond donors (Lipinski definition) is 1. The van der Waals surface area contributed by atoms with E-state index in [4.69, 9.17) is 5.73 Å². The fourth-order valence-corrected chi connectivity index (χ4v) is 2.57. The minimum atomic E-state index is -0.778. The summed E-state index contributed by atoms with van der Waals surface area (Å²) in [5.41, 5.74) is 6.40. The second-order valence-corrected chi connectivity index (χ2v) is 5.88. The summed E-state index contributed by atoms with van der Waals surface area (Å²) in [5.74, 6) is -2.48. The van der Waals surface area contributed by atoms with Gasteiger partial charge >= 0.3 is 0 Å². The second kappa shape index (κ2) is 6.39. The van der Waals surface area contributed by atoms with Gasteiger partial charge in [-0.3, -0.25) is 9.59 Å². The van der Waals surface area contributed by atoms with Crippen molar-refractivity contribution < 1.29 is 18.4 Å². The zero-order valence-electron chi connectivity index (χ0n) is 12.8. The quantitative estimate of drug-likeness (QED) is 0.916. The highest BCUT2D eigenvalue weighted by molar-refractivity contribution is 5.95. The number of hydrogen-bond acceptors (Lipinski definition) is 2. The van der Waals surface area contributed by atoms with E-state index in [2.05, 4.69) is 0 Å². The maximum absolute atomic E-state index is 13.4. The van der Waals surface area contributed by atoms with Crippen molar-refractivity contribution in [1.29, 1.82) is 0 Å². The first-order valence-electron chi connectivity index (χ1n) is 7.60. The van der Waals surface area contributed by atoms with Gasteiger partial charge in [-0.2, -0.15) is 0 Å². The van der Waals surface area contributed by atoms with Crippen molar-refractivity contribution >= 4 is 11.8 Å². The lowest BCUT2D eigenvalue weighted by molar-refractivity contribution is 0.0728. The number of nitrogens with zero attached hydrogens (tertiary/aromatic N) is 1. The summed E-state index contributed by atoms with van der Waals surface area (Å²) in [4.78, 5) is 25.3. The molecule has 124 valence electrons. The Morgan fingerprint density at radius 3 is 2.08 bits per heavy atom. The molecule has 0 saturated heterocycles. The average Bonchev–Trinajstić information content (AvgIpc) is 3.36. The molecule has 3 rings (SSSR count). The number of benzene rings is 2. The first-order valence-corrected chi connectivity index (χ1v) is 7.60. The third kappa shape index (κ3) is 3.59. The van der Waals surface area contributed by atoms with E-state index in [0.29, 0.717) is 12.1 Å². The SMILES string of the molecule is NC(=O)c1ccc(CN(C(=O)c2cc(F)cc(F)c2)C2CC2)cc1. The van der Waals surface area contributed by atoms with Crippen molar-refractivity contribution in [3.8, 4) is 0 Å². The van der Waals surface area contributed by atoms with Crippen molar-refractivity contribution in [3.63, 3.8) is 0 Å². The molecule has 1 saturated carbocycles. The number of halogens is 2. The molecule has 2 aromatic carbocycles. The number of primary amides is 1. The molecule has 0 unspecified atom stereocenters. The van der Waals surface area contributed by atoms with Gasteiger partial charge in [0.25, 0.3) is 5.91 Å². The molecule has 1 fully saturated rings. The second-order valence-electron chi connectivity index (χ2n) is 5.88. The molecule has 24 heavy (non-hydrogen) atoms. The van der Waals surface area contributed by atoms with Gasteiger partial charge in [0.2, 0.25) is 5.91 Å². The lowest BCUT2D eigenvalue weighted by atomic mass is 10.1. The maximum atomic E-state index is 13.4. The zero-order chi connectivity index (χ0) is 17.3. The molecule has 4 nitrogen and oxygen atoms in total. The Morgan fingerprint density at radius 2 is 1.58 bits per heavy atom. The fourth-order valence-electron chi connectivity index (χ4n) is 2.57. The highest BCUT2D eigenvalue weighted by atomic mass is 19.1. The fraction of sp³-hybridized carbons (Fsp3) is 0.222. The molecular formula is C18H16F2N2O2. The molecule has 0 bridgehead atoms. The Kier molecular flexibility index (Phi) is 4.29. The van der Waals surface area contributed by atoms with E-state index in [1.54, 1.807) is 29.2 Å². The topological polar surface area (TPSA) is 63.4 Å². The molecule has 2 amide bonds. The number of carbonyl (C=O) groups is 2. The van der Waals surface area contributed by atoms with Crippen LogP contribution in [-0.4, -0.2) is 22.8 Å². The van der Waals surface area contributed by atoms with Crippen LogP contribution in [0.1, 0.15) is 39.1 Å². The van der Waals surface area contributed by atoms with Gasteiger partial charge in [0.15, 0.2) is 0 Å². The normalized spacial score (nSPS) is 13.6. The van der Waals surface area contributed by atoms with Crippen LogP contribution in [0.5, 0.6) is 0 Å². The van der Waals surface area contributed by atoms with Gasteiger partial charge in [-0.05, 0) is 42.7 Å². The zero-order valence-corrected chi connectivity index (χ0v) is 12.8. The molecule has 1 aliphatic carbocycles. The third-order valence-corrected chi connectivity index (χ3v) is 3.95. The van der Waals surface area contributed by atoms with Crippen LogP contribution in [0.3, 0.4) is 0 Å². The predicted molar refractivity (Wildman–Crippen MR) is 84.2 cm³/mol. The highest BCUT2D eigenvalue weighted by Gasteiger charge is 2.33. The standard InChI is InChI=1S/C18H16F2N2O2/c19-14-7-13(8-15(20)9-14)18(24)22(16-5-6-16)10-11-1-3-12(4-2-11)17(21)23/h1-4,7-9,16H,5-6,10H2,(H2,21,23). The van der Waals surface area contributed by atoms with Crippen molar-refractivity contribution in [2.45, 2.75) is 25.4 Å². The summed E-state index contributed by atoms with van der Waals surface area (Å²) in [7, 11) is 0. The van der Waals surface area contributed by atoms with Gasteiger partial charge in [0, 0.05) is 29.8 Å². The van der Waals surface area contributed by atoms with E-state index in [0.717, 1.165) is 36.6 Å². The van der Waals surface area contributed by atoms with Crippen LogP contribution in [0.2, 0.25) is 0 Å². The van der Waals surface area contributed by atoms with Gasteiger partial charge in [-0.25, -0.2) is 8.78 Å². The number of amides is 2.